The molecular formula is C12H14F3NO3. The van der Waals surface area contributed by atoms with Crippen LogP contribution in [-0.4, -0.2) is 25.4 Å². The first-order chi connectivity index (χ1) is 8.87. The first kappa shape index (κ1) is 15.1. The molecule has 106 valence electrons. The number of hydrogen-bond donors (Lipinski definition) is 1. The second kappa shape index (κ2) is 6.86. The fraction of sp³-hybridized carbons (Fsp3) is 0.417. The van der Waals surface area contributed by atoms with E-state index < -0.39 is 25.2 Å². The fourth-order valence-corrected chi connectivity index (χ4v) is 1.17. The fourth-order valence-electron chi connectivity index (χ4n) is 1.17. The van der Waals surface area contributed by atoms with Crippen LogP contribution in [0.1, 0.15) is 12.8 Å². The van der Waals surface area contributed by atoms with E-state index in [1.54, 1.807) is 24.3 Å². The summed E-state index contributed by atoms with van der Waals surface area (Å²) in [7, 11) is 0. The Morgan fingerprint density at radius 3 is 2.37 bits per heavy atom. The predicted molar refractivity (Wildman–Crippen MR) is 62.6 cm³/mol. The number of alkyl halides is 3. The number of anilines is 1. The lowest BCUT2D eigenvalue weighted by atomic mass is 10.3. The Kier molecular flexibility index (Phi) is 5.47. The molecule has 0 aromatic heterocycles. The summed E-state index contributed by atoms with van der Waals surface area (Å²) in [5, 5.41) is 0. The van der Waals surface area contributed by atoms with Gasteiger partial charge >= 0.3 is 12.1 Å². The zero-order chi connectivity index (χ0) is 14.3. The summed E-state index contributed by atoms with van der Waals surface area (Å²) in [6.07, 6.45) is -5.57. The molecule has 1 aromatic rings. The number of carbonyl (C=O) groups is 1. The highest BCUT2D eigenvalue weighted by Crippen LogP contribution is 2.19. The number of nitrogens with two attached hydrogens (primary N) is 1. The predicted octanol–water partition coefficient (Wildman–Crippen LogP) is 2.53. The smallest absolute Gasteiger partial charge is 0.392 e. The Balaban J connectivity index is 2.15. The van der Waals surface area contributed by atoms with Crippen LogP contribution in [-0.2, 0) is 9.53 Å². The highest BCUT2D eigenvalue weighted by molar-refractivity contribution is 5.69. The Labute approximate surface area is 108 Å². The van der Waals surface area contributed by atoms with Crippen molar-refractivity contribution >= 4 is 11.7 Å². The van der Waals surface area contributed by atoms with Gasteiger partial charge in [0.1, 0.15) is 5.75 Å². The standard InChI is InChI=1S/C12H14F3NO3/c13-12(14,15)6-8-19-11(17)5-7-18-10-3-1-9(16)2-4-10/h1-4H,5-8,16H2. The van der Waals surface area contributed by atoms with Gasteiger partial charge in [-0.25, -0.2) is 0 Å². The van der Waals surface area contributed by atoms with Crippen molar-refractivity contribution in [2.24, 2.45) is 0 Å². The molecule has 1 rings (SSSR count). The third-order valence-corrected chi connectivity index (χ3v) is 2.10. The first-order valence-electron chi connectivity index (χ1n) is 5.57. The van der Waals surface area contributed by atoms with E-state index in [0.717, 1.165) is 0 Å². The van der Waals surface area contributed by atoms with Crippen molar-refractivity contribution in [2.45, 2.75) is 19.0 Å². The molecule has 19 heavy (non-hydrogen) atoms. The van der Waals surface area contributed by atoms with Crippen LogP contribution in [0.3, 0.4) is 0 Å². The molecule has 0 spiro atoms. The summed E-state index contributed by atoms with van der Waals surface area (Å²) < 4.78 is 45.0. The number of carbonyl (C=O) groups excluding carboxylic acids is 1. The van der Waals surface area contributed by atoms with Gasteiger partial charge in [-0.2, -0.15) is 13.2 Å². The summed E-state index contributed by atoms with van der Waals surface area (Å²) in [4.78, 5) is 11.1. The molecule has 0 amide bonds. The van der Waals surface area contributed by atoms with Crippen LogP contribution < -0.4 is 10.5 Å². The summed E-state index contributed by atoms with van der Waals surface area (Å²) >= 11 is 0. The first-order valence-corrected chi connectivity index (χ1v) is 5.57. The van der Waals surface area contributed by atoms with Gasteiger partial charge in [-0.3, -0.25) is 4.79 Å². The van der Waals surface area contributed by atoms with E-state index in [4.69, 9.17) is 10.5 Å². The Morgan fingerprint density at radius 1 is 1.16 bits per heavy atom. The SMILES string of the molecule is Nc1ccc(OCCC(=O)OCCC(F)(F)F)cc1. The van der Waals surface area contributed by atoms with Crippen LogP contribution >= 0.6 is 0 Å². The van der Waals surface area contributed by atoms with Crippen LogP contribution in [0.2, 0.25) is 0 Å². The molecule has 0 aliphatic heterocycles. The molecule has 0 saturated heterocycles. The molecule has 0 bridgehead atoms. The Morgan fingerprint density at radius 2 is 1.79 bits per heavy atom. The second-order valence-electron chi connectivity index (χ2n) is 3.75. The minimum atomic E-state index is -4.32. The average Bonchev–Trinajstić information content (AvgIpc) is 2.30. The summed E-state index contributed by atoms with van der Waals surface area (Å²) in [6, 6.07) is 6.53. The van der Waals surface area contributed by atoms with Crippen LogP contribution in [0.15, 0.2) is 24.3 Å². The zero-order valence-electron chi connectivity index (χ0n) is 10.1. The van der Waals surface area contributed by atoms with E-state index >= 15 is 0 Å². The summed E-state index contributed by atoms with van der Waals surface area (Å²) in [5.74, 6) is -0.197. The number of hydrogen-bond acceptors (Lipinski definition) is 4. The van der Waals surface area contributed by atoms with Crippen LogP contribution in [0, 0.1) is 0 Å². The van der Waals surface area contributed by atoms with E-state index in [1.165, 1.54) is 0 Å². The normalized spacial score (nSPS) is 11.1. The molecule has 0 atom stereocenters. The maximum absolute atomic E-state index is 11.8. The molecule has 0 saturated carbocycles. The van der Waals surface area contributed by atoms with Gasteiger partial charge in [-0.05, 0) is 24.3 Å². The number of ether oxygens (including phenoxy) is 2. The van der Waals surface area contributed by atoms with Gasteiger partial charge in [0.05, 0.1) is 26.1 Å². The molecule has 0 radical (unpaired) electrons. The van der Waals surface area contributed by atoms with E-state index in [9.17, 15) is 18.0 Å². The largest absolute Gasteiger partial charge is 0.493 e. The molecule has 7 heteroatoms. The zero-order valence-corrected chi connectivity index (χ0v) is 10.1. The van der Waals surface area contributed by atoms with Gasteiger partial charge in [-0.1, -0.05) is 0 Å². The van der Waals surface area contributed by atoms with Crippen molar-refractivity contribution in [3.8, 4) is 5.75 Å². The quantitative estimate of drug-likeness (QED) is 0.641. The van der Waals surface area contributed by atoms with Crippen molar-refractivity contribution in [1.82, 2.24) is 0 Å². The van der Waals surface area contributed by atoms with E-state index in [0.29, 0.717) is 11.4 Å². The maximum Gasteiger partial charge on any atom is 0.392 e. The van der Waals surface area contributed by atoms with Crippen LogP contribution in [0.5, 0.6) is 5.75 Å². The topological polar surface area (TPSA) is 61.5 Å². The molecular weight excluding hydrogens is 263 g/mol. The number of nitrogen functional groups attached to an aromatic ring is 1. The maximum atomic E-state index is 11.8. The van der Waals surface area contributed by atoms with Gasteiger partial charge in [0.15, 0.2) is 0 Å². The lowest BCUT2D eigenvalue weighted by Gasteiger charge is -2.08. The average molecular weight is 277 g/mol. The second-order valence-corrected chi connectivity index (χ2v) is 3.75. The highest BCUT2D eigenvalue weighted by Gasteiger charge is 2.27. The molecule has 0 heterocycles. The number of esters is 1. The van der Waals surface area contributed by atoms with Crippen LogP contribution in [0.4, 0.5) is 18.9 Å². The summed E-state index contributed by atoms with van der Waals surface area (Å²) in [6.45, 7) is -0.626. The van der Waals surface area contributed by atoms with E-state index in [2.05, 4.69) is 4.74 Å². The van der Waals surface area contributed by atoms with Crippen molar-refractivity contribution in [1.29, 1.82) is 0 Å². The van der Waals surface area contributed by atoms with Crippen molar-refractivity contribution < 1.29 is 27.4 Å². The van der Waals surface area contributed by atoms with Gasteiger partial charge in [0, 0.05) is 5.69 Å². The van der Waals surface area contributed by atoms with E-state index in [-0.39, 0.29) is 13.0 Å². The number of rotatable bonds is 6. The third kappa shape index (κ3) is 7.17. The summed E-state index contributed by atoms with van der Waals surface area (Å²) in [5.41, 5.74) is 6.05. The van der Waals surface area contributed by atoms with Gasteiger partial charge in [-0.15, -0.1) is 0 Å². The van der Waals surface area contributed by atoms with Crippen LogP contribution in [0.25, 0.3) is 0 Å². The van der Waals surface area contributed by atoms with Crippen molar-refractivity contribution in [3.63, 3.8) is 0 Å². The molecule has 0 aliphatic rings. The molecule has 4 nitrogen and oxygen atoms in total. The lowest BCUT2D eigenvalue weighted by Crippen LogP contribution is -2.16. The van der Waals surface area contributed by atoms with Crippen molar-refractivity contribution in [3.05, 3.63) is 24.3 Å². The highest BCUT2D eigenvalue weighted by atomic mass is 19.4. The minimum absolute atomic E-state index is 0.0365. The van der Waals surface area contributed by atoms with Gasteiger partial charge in [0.2, 0.25) is 0 Å². The molecule has 1 aromatic carbocycles. The van der Waals surface area contributed by atoms with Gasteiger partial charge in [0.25, 0.3) is 0 Å². The lowest BCUT2D eigenvalue weighted by molar-refractivity contribution is -0.159. The number of halogens is 3. The monoisotopic (exact) mass is 277 g/mol. The molecule has 2 N–H and O–H groups in total. The number of benzene rings is 1. The Hall–Kier alpha value is -1.92. The van der Waals surface area contributed by atoms with E-state index in [1.807, 2.05) is 0 Å². The Bertz CT molecular complexity index is 404. The minimum Gasteiger partial charge on any atom is -0.493 e. The van der Waals surface area contributed by atoms with Crippen molar-refractivity contribution in [2.75, 3.05) is 18.9 Å². The molecule has 0 fully saturated rings. The third-order valence-electron chi connectivity index (χ3n) is 2.10. The molecule has 0 aliphatic carbocycles. The van der Waals surface area contributed by atoms with Gasteiger partial charge < -0.3 is 15.2 Å². The molecule has 0 unspecified atom stereocenters.